The number of hydrogen-bond acceptors (Lipinski definition) is 14. The number of amides is 1. The van der Waals surface area contributed by atoms with Crippen molar-refractivity contribution in [2.45, 2.75) is 74.9 Å². The van der Waals surface area contributed by atoms with Crippen molar-refractivity contribution >= 4 is 17.5 Å². The summed E-state index contributed by atoms with van der Waals surface area (Å²) >= 11 is 0. The van der Waals surface area contributed by atoms with Crippen molar-refractivity contribution in [1.29, 1.82) is 0 Å². The lowest BCUT2D eigenvalue weighted by Gasteiger charge is -2.44. The van der Waals surface area contributed by atoms with Gasteiger partial charge in [-0.15, -0.1) is 0 Å². The summed E-state index contributed by atoms with van der Waals surface area (Å²) in [5, 5.41) is 39.7. The third-order valence-corrected chi connectivity index (χ3v) is 12.3. The Morgan fingerprint density at radius 2 is 1.77 bits per heavy atom. The normalized spacial score (nSPS) is 36.5. The van der Waals surface area contributed by atoms with Gasteiger partial charge in [0, 0.05) is 81.8 Å². The van der Waals surface area contributed by atoms with Gasteiger partial charge in [-0.1, -0.05) is 12.1 Å². The zero-order valence-electron chi connectivity index (χ0n) is 29.2. The Morgan fingerprint density at radius 3 is 2.50 bits per heavy atom. The molecule has 0 bridgehead atoms. The van der Waals surface area contributed by atoms with Crippen molar-refractivity contribution in [1.82, 2.24) is 15.1 Å². The van der Waals surface area contributed by atoms with Gasteiger partial charge in [-0.3, -0.25) is 19.3 Å². The molecule has 2 aliphatic carbocycles. The van der Waals surface area contributed by atoms with Gasteiger partial charge in [0.1, 0.15) is 29.0 Å². The lowest BCUT2D eigenvalue weighted by molar-refractivity contribution is -0.256. The Hall–Kier alpha value is -3.67. The molecule has 10 atom stereocenters. The van der Waals surface area contributed by atoms with E-state index >= 15 is 0 Å². The van der Waals surface area contributed by atoms with Crippen LogP contribution in [0.1, 0.15) is 68.8 Å². The number of aliphatic hydroxyl groups is 1. The van der Waals surface area contributed by atoms with E-state index in [-0.39, 0.29) is 64.0 Å². The number of nitrogens with one attached hydrogen (secondary N) is 1. The molecule has 0 spiro atoms. The maximum atomic E-state index is 14.3. The summed E-state index contributed by atoms with van der Waals surface area (Å²) in [6.45, 7) is 5.42. The zero-order chi connectivity index (χ0) is 36.2. The number of aromatic hydroxyl groups is 2. The Kier molecular flexibility index (Phi) is 8.17. The molecule has 52 heavy (non-hydrogen) atoms. The van der Waals surface area contributed by atoms with E-state index in [0.717, 1.165) is 13.1 Å². The van der Waals surface area contributed by atoms with E-state index in [9.17, 15) is 29.7 Å². The number of methoxy groups -OCH3 is 2. The number of ketones is 2. The molecule has 5 saturated heterocycles. The first kappa shape index (κ1) is 34.1. The Morgan fingerprint density at radius 1 is 1.02 bits per heavy atom. The van der Waals surface area contributed by atoms with Crippen LogP contribution in [0.15, 0.2) is 18.2 Å². The number of carbonyl (C=O) groups excluding carboxylic acids is 3. The standard InChI is InChI=1S/C37H43N3O12/c1-16-33-21(40-7-8-49-35(48-3)34(40)52-33)9-24(50-16)51-23-11-37(46,36(45)39-14-17-12-38-13-18(17)15-39)10-20-26(23)32(44)28-27(30(20)42)29(41)19-5-4-6-22(47-2)25(19)31(28)43/h4-6,16-18,21,23-24,33-35,38,42,44,46H,7-15H2,1-3H3/t16-,17-,18+,21-,23-,24-,33+,34+,35-,37-/m0/s1. The highest BCUT2D eigenvalue weighted by Crippen LogP contribution is 2.53. The largest absolute Gasteiger partial charge is 0.507 e. The van der Waals surface area contributed by atoms with E-state index in [2.05, 4.69) is 10.2 Å². The molecule has 278 valence electrons. The van der Waals surface area contributed by atoms with E-state index in [1.54, 1.807) is 24.1 Å². The van der Waals surface area contributed by atoms with Gasteiger partial charge in [0.15, 0.2) is 24.6 Å². The number of carbonyl (C=O) groups is 3. The van der Waals surface area contributed by atoms with Gasteiger partial charge in [-0.2, -0.15) is 0 Å². The topological polar surface area (TPSA) is 186 Å². The van der Waals surface area contributed by atoms with Crippen molar-refractivity contribution in [2.24, 2.45) is 11.8 Å². The summed E-state index contributed by atoms with van der Waals surface area (Å²) in [4.78, 5) is 46.2. The quantitative estimate of drug-likeness (QED) is 0.272. The predicted octanol–water partition coefficient (Wildman–Crippen LogP) is 0.828. The summed E-state index contributed by atoms with van der Waals surface area (Å²) < 4.78 is 36.1. The highest BCUT2D eigenvalue weighted by Gasteiger charge is 2.56. The van der Waals surface area contributed by atoms with Crippen LogP contribution >= 0.6 is 0 Å². The molecule has 1 amide bonds. The fourth-order valence-electron chi connectivity index (χ4n) is 9.81. The number of likely N-dealkylation sites (tertiary alicyclic amines) is 1. The van der Waals surface area contributed by atoms with Gasteiger partial charge in [0.2, 0.25) is 5.78 Å². The number of benzene rings is 2. The summed E-state index contributed by atoms with van der Waals surface area (Å²) in [5.41, 5.74) is -2.86. The van der Waals surface area contributed by atoms with Gasteiger partial charge >= 0.3 is 0 Å². The molecule has 5 aliphatic heterocycles. The molecule has 2 aromatic rings. The molecule has 5 heterocycles. The van der Waals surface area contributed by atoms with E-state index in [1.165, 1.54) is 13.2 Å². The van der Waals surface area contributed by atoms with Crippen LogP contribution in [0.3, 0.4) is 0 Å². The molecular formula is C37H43N3O12. The van der Waals surface area contributed by atoms with Gasteiger partial charge in [-0.25, -0.2) is 0 Å². The first-order valence-corrected chi connectivity index (χ1v) is 18.0. The monoisotopic (exact) mass is 721 g/mol. The van der Waals surface area contributed by atoms with Crippen LogP contribution in [0.5, 0.6) is 17.2 Å². The Bertz CT molecular complexity index is 1840. The molecule has 0 aromatic heterocycles. The number of rotatable bonds is 5. The molecule has 0 saturated carbocycles. The van der Waals surface area contributed by atoms with Crippen LogP contribution in [-0.2, 0) is 34.9 Å². The van der Waals surface area contributed by atoms with Gasteiger partial charge in [0.05, 0.1) is 42.6 Å². The van der Waals surface area contributed by atoms with Crippen molar-refractivity contribution < 1.29 is 58.1 Å². The smallest absolute Gasteiger partial charge is 0.255 e. The SMILES string of the molecule is COc1cccc2c1C(=O)c1c(O)c3c(c(O)c1C2=O)C[C@@](O)(C(=O)N1C[C@H]2CNC[C@H]2C1)C[C@@H]3O[C@H]1C[C@H]2[C@H](O[C@@H]3[C@@H](OC)OCCN32)[C@H](C)O1. The lowest BCUT2D eigenvalue weighted by atomic mass is 9.72. The minimum atomic E-state index is -2.06. The first-order valence-electron chi connectivity index (χ1n) is 18.0. The molecule has 4 N–H and O–H groups in total. The minimum absolute atomic E-state index is 0.00808. The maximum absolute atomic E-state index is 14.3. The predicted molar refractivity (Wildman–Crippen MR) is 178 cm³/mol. The fourth-order valence-corrected chi connectivity index (χ4v) is 9.81. The van der Waals surface area contributed by atoms with Crippen molar-refractivity contribution in [2.75, 3.05) is 53.6 Å². The molecule has 2 aromatic carbocycles. The van der Waals surface area contributed by atoms with Crippen LogP contribution in [0.4, 0.5) is 0 Å². The van der Waals surface area contributed by atoms with Gasteiger partial charge in [0.25, 0.3) is 5.91 Å². The van der Waals surface area contributed by atoms with Crippen LogP contribution in [0, 0.1) is 11.8 Å². The van der Waals surface area contributed by atoms with E-state index in [4.69, 9.17) is 28.4 Å². The molecule has 7 aliphatic rings. The number of fused-ring (bicyclic) bond motifs is 7. The molecule has 15 nitrogen and oxygen atoms in total. The van der Waals surface area contributed by atoms with Crippen molar-refractivity contribution in [3.63, 3.8) is 0 Å². The number of ether oxygens (including phenoxy) is 6. The number of phenols is 2. The second-order valence-electron chi connectivity index (χ2n) is 15.1. The molecule has 0 unspecified atom stereocenters. The summed E-state index contributed by atoms with van der Waals surface area (Å²) in [6.07, 6.45) is -4.25. The van der Waals surface area contributed by atoms with Crippen LogP contribution in [0.25, 0.3) is 0 Å². The third kappa shape index (κ3) is 4.98. The zero-order valence-corrected chi connectivity index (χ0v) is 29.2. The van der Waals surface area contributed by atoms with Crippen LogP contribution < -0.4 is 10.1 Å². The lowest BCUT2D eigenvalue weighted by Crippen LogP contribution is -2.55. The number of phenolic OH excluding ortho intramolecular Hbond substituents is 2. The van der Waals surface area contributed by atoms with Gasteiger partial charge in [-0.05, 0) is 24.8 Å². The van der Waals surface area contributed by atoms with Crippen LogP contribution in [0.2, 0.25) is 0 Å². The first-order chi connectivity index (χ1) is 25.0. The third-order valence-electron chi connectivity index (χ3n) is 12.3. The summed E-state index contributed by atoms with van der Waals surface area (Å²) in [6, 6.07) is 4.41. The van der Waals surface area contributed by atoms with E-state index < -0.39 is 77.6 Å². The van der Waals surface area contributed by atoms with E-state index in [0.29, 0.717) is 32.7 Å². The number of nitrogens with zero attached hydrogens (tertiary/aromatic N) is 2. The number of morpholine rings is 1. The second kappa shape index (κ2) is 12.5. The highest BCUT2D eigenvalue weighted by atomic mass is 16.7. The molecular weight excluding hydrogens is 678 g/mol. The van der Waals surface area contributed by atoms with Crippen molar-refractivity contribution in [3.8, 4) is 17.2 Å². The fraction of sp³-hybridized carbons (Fsp3) is 0.595. The molecule has 15 heteroatoms. The minimum Gasteiger partial charge on any atom is -0.507 e. The highest BCUT2D eigenvalue weighted by molar-refractivity contribution is 6.31. The molecule has 5 fully saturated rings. The van der Waals surface area contributed by atoms with Crippen LogP contribution in [-0.4, -0.2) is 139 Å². The second-order valence-corrected chi connectivity index (χ2v) is 15.1. The Labute approximate surface area is 299 Å². The maximum Gasteiger partial charge on any atom is 0.255 e. The van der Waals surface area contributed by atoms with Crippen molar-refractivity contribution in [3.05, 3.63) is 51.6 Å². The summed E-state index contributed by atoms with van der Waals surface area (Å²) in [7, 11) is 2.94. The summed E-state index contributed by atoms with van der Waals surface area (Å²) in [5.74, 6) is -2.37. The Balaban J connectivity index is 1.11. The average molecular weight is 722 g/mol. The molecule has 9 rings (SSSR count). The number of hydrogen-bond donors (Lipinski definition) is 4. The van der Waals surface area contributed by atoms with Gasteiger partial charge < -0.3 is 54.0 Å². The van der Waals surface area contributed by atoms with E-state index in [1.807, 2.05) is 6.92 Å². The molecule has 0 radical (unpaired) electrons. The average Bonchev–Trinajstić information content (AvgIpc) is 3.86.